The van der Waals surface area contributed by atoms with Crippen molar-refractivity contribution < 1.29 is 19.4 Å². The average Bonchev–Trinajstić information content (AvgIpc) is 3.54. The Kier molecular flexibility index (Phi) is 10.2. The van der Waals surface area contributed by atoms with Gasteiger partial charge in [-0.25, -0.2) is 4.79 Å². The minimum atomic E-state index is -0.929. The second-order valence-corrected chi connectivity index (χ2v) is 12.2. The fraction of sp³-hybridized carbons (Fsp3) is 0.333. The molecule has 0 spiro atoms. The minimum absolute atomic E-state index is 0.0591. The third-order valence-corrected chi connectivity index (χ3v) is 9.26. The number of rotatable bonds is 12. The SMILES string of the molecule is CCCC(CCC)c1ccc(OCc2ccc(-c3ccc(C(=O)N4CCN(c5ccc(C(=O)O)cc5)CC4)s3)cc2)cc1. The summed E-state index contributed by atoms with van der Waals surface area (Å²) in [5.74, 6) is 0.648. The van der Waals surface area contributed by atoms with Crippen molar-refractivity contribution in [2.24, 2.45) is 0 Å². The van der Waals surface area contributed by atoms with Gasteiger partial charge in [-0.2, -0.15) is 0 Å². The summed E-state index contributed by atoms with van der Waals surface area (Å²) in [5.41, 5.74) is 4.85. The highest BCUT2D eigenvalue weighted by Crippen LogP contribution is 2.31. The van der Waals surface area contributed by atoms with Gasteiger partial charge < -0.3 is 19.6 Å². The van der Waals surface area contributed by atoms with Gasteiger partial charge in [-0.05, 0) is 84.0 Å². The first-order valence-electron chi connectivity index (χ1n) is 15.2. The highest BCUT2D eigenvalue weighted by atomic mass is 32.1. The van der Waals surface area contributed by atoms with Crippen molar-refractivity contribution in [2.45, 2.75) is 52.1 Å². The Morgan fingerprint density at radius 3 is 2.07 bits per heavy atom. The Balaban J connectivity index is 1.12. The molecule has 1 aromatic heterocycles. The van der Waals surface area contributed by atoms with E-state index in [1.165, 1.54) is 42.6 Å². The number of amides is 1. The lowest BCUT2D eigenvalue weighted by Gasteiger charge is -2.36. The summed E-state index contributed by atoms with van der Waals surface area (Å²) in [5, 5.41) is 9.12. The molecule has 1 aliphatic rings. The van der Waals surface area contributed by atoms with Crippen LogP contribution in [-0.2, 0) is 6.61 Å². The Bertz CT molecular complexity index is 1480. The number of benzene rings is 3. The molecule has 6 nitrogen and oxygen atoms in total. The number of aromatic carboxylic acids is 1. The zero-order valence-electron chi connectivity index (χ0n) is 25.0. The summed E-state index contributed by atoms with van der Waals surface area (Å²) in [4.78, 5) is 30.3. The second kappa shape index (κ2) is 14.4. The van der Waals surface area contributed by atoms with Gasteiger partial charge in [0.05, 0.1) is 10.4 Å². The highest BCUT2D eigenvalue weighted by molar-refractivity contribution is 7.17. The molecule has 4 aromatic rings. The van der Waals surface area contributed by atoms with E-state index in [-0.39, 0.29) is 11.5 Å². The molecule has 1 fully saturated rings. The number of hydrogen-bond donors (Lipinski definition) is 1. The van der Waals surface area contributed by atoms with Crippen LogP contribution in [0.3, 0.4) is 0 Å². The van der Waals surface area contributed by atoms with E-state index in [0.717, 1.165) is 32.3 Å². The summed E-state index contributed by atoms with van der Waals surface area (Å²) in [7, 11) is 0. The largest absolute Gasteiger partial charge is 0.489 e. The van der Waals surface area contributed by atoms with Crippen molar-refractivity contribution in [2.75, 3.05) is 31.1 Å². The van der Waals surface area contributed by atoms with Gasteiger partial charge in [0.2, 0.25) is 0 Å². The Morgan fingerprint density at radius 2 is 1.47 bits per heavy atom. The molecule has 224 valence electrons. The van der Waals surface area contributed by atoms with E-state index in [4.69, 9.17) is 9.84 Å². The molecule has 7 heteroatoms. The third kappa shape index (κ3) is 7.65. The van der Waals surface area contributed by atoms with Crippen LogP contribution in [0.2, 0.25) is 0 Å². The molecule has 0 radical (unpaired) electrons. The van der Waals surface area contributed by atoms with Crippen LogP contribution < -0.4 is 9.64 Å². The maximum Gasteiger partial charge on any atom is 0.335 e. The van der Waals surface area contributed by atoms with Crippen LogP contribution in [0.25, 0.3) is 10.4 Å². The molecule has 0 atom stereocenters. The van der Waals surface area contributed by atoms with Crippen molar-refractivity contribution in [1.82, 2.24) is 4.90 Å². The molecule has 1 saturated heterocycles. The summed E-state index contributed by atoms with van der Waals surface area (Å²) in [6.07, 6.45) is 4.86. The van der Waals surface area contributed by atoms with Gasteiger partial charge in [-0.3, -0.25) is 4.79 Å². The van der Waals surface area contributed by atoms with E-state index in [1.54, 1.807) is 12.1 Å². The molecule has 1 N–H and O–H groups in total. The molecular weight excluding hydrogens is 556 g/mol. The second-order valence-electron chi connectivity index (χ2n) is 11.1. The number of ether oxygens (including phenoxy) is 1. The van der Waals surface area contributed by atoms with Crippen LogP contribution in [0, 0.1) is 0 Å². The maximum absolute atomic E-state index is 13.2. The molecule has 0 bridgehead atoms. The predicted molar refractivity (Wildman–Crippen MR) is 175 cm³/mol. The summed E-state index contributed by atoms with van der Waals surface area (Å²) < 4.78 is 6.07. The van der Waals surface area contributed by atoms with E-state index in [2.05, 4.69) is 67.3 Å². The molecule has 43 heavy (non-hydrogen) atoms. The van der Waals surface area contributed by atoms with Gasteiger partial charge in [0.25, 0.3) is 5.91 Å². The van der Waals surface area contributed by atoms with Crippen LogP contribution in [-0.4, -0.2) is 48.1 Å². The van der Waals surface area contributed by atoms with Crippen LogP contribution in [0.15, 0.2) is 84.9 Å². The Hall–Kier alpha value is -4.10. The molecule has 0 unspecified atom stereocenters. The van der Waals surface area contributed by atoms with Crippen molar-refractivity contribution in [1.29, 1.82) is 0 Å². The fourth-order valence-corrected chi connectivity index (χ4v) is 6.67. The first-order valence-corrected chi connectivity index (χ1v) is 16.1. The van der Waals surface area contributed by atoms with Gasteiger partial charge in [0.1, 0.15) is 12.4 Å². The topological polar surface area (TPSA) is 70.1 Å². The van der Waals surface area contributed by atoms with E-state index in [9.17, 15) is 9.59 Å². The molecule has 1 aliphatic heterocycles. The average molecular weight is 597 g/mol. The lowest BCUT2D eigenvalue weighted by molar-refractivity contribution is 0.0695. The molecule has 5 rings (SSSR count). The smallest absolute Gasteiger partial charge is 0.335 e. The van der Waals surface area contributed by atoms with Gasteiger partial charge >= 0.3 is 5.97 Å². The number of carboxylic acid groups (broad SMARTS) is 1. The van der Waals surface area contributed by atoms with E-state index >= 15 is 0 Å². The quantitative estimate of drug-likeness (QED) is 0.178. The zero-order chi connectivity index (χ0) is 30.2. The molecule has 3 aromatic carbocycles. The number of carbonyl (C=O) groups excluding carboxylic acids is 1. The van der Waals surface area contributed by atoms with Gasteiger partial charge in [-0.1, -0.05) is 63.1 Å². The van der Waals surface area contributed by atoms with Gasteiger partial charge in [0.15, 0.2) is 0 Å². The molecule has 0 saturated carbocycles. The minimum Gasteiger partial charge on any atom is -0.489 e. The predicted octanol–water partition coefficient (Wildman–Crippen LogP) is 8.34. The normalized spacial score (nSPS) is 13.4. The summed E-state index contributed by atoms with van der Waals surface area (Å²) in [6.45, 7) is 7.69. The highest BCUT2D eigenvalue weighted by Gasteiger charge is 2.24. The first-order chi connectivity index (χ1) is 20.9. The molecule has 0 aliphatic carbocycles. The fourth-order valence-electron chi connectivity index (χ4n) is 5.69. The number of thiophene rings is 1. The summed E-state index contributed by atoms with van der Waals surface area (Å²) >= 11 is 1.52. The van der Waals surface area contributed by atoms with E-state index in [1.807, 2.05) is 29.2 Å². The number of anilines is 1. The van der Waals surface area contributed by atoms with Crippen LogP contribution >= 0.6 is 11.3 Å². The molecule has 1 amide bonds. The maximum atomic E-state index is 13.2. The van der Waals surface area contributed by atoms with Crippen molar-refractivity contribution in [3.63, 3.8) is 0 Å². The van der Waals surface area contributed by atoms with E-state index < -0.39 is 5.97 Å². The monoisotopic (exact) mass is 596 g/mol. The number of carbonyl (C=O) groups is 2. The van der Waals surface area contributed by atoms with Crippen LogP contribution in [0.4, 0.5) is 5.69 Å². The lowest BCUT2D eigenvalue weighted by Crippen LogP contribution is -2.48. The lowest BCUT2D eigenvalue weighted by atomic mass is 9.90. The number of carboxylic acids is 1. The standard InChI is InChI=1S/C36H40N2O4S/c1-3-5-27(6-4-2)28-13-17-32(18-14-28)42-25-26-7-9-29(10-8-26)33-19-20-34(43-33)35(39)38-23-21-37(22-24-38)31-15-11-30(12-16-31)36(40)41/h7-20,27H,3-6,21-25H2,1-2H3,(H,40,41). The third-order valence-electron chi connectivity index (χ3n) is 8.13. The Labute approximate surface area is 258 Å². The number of nitrogens with zero attached hydrogens (tertiary/aromatic N) is 2. The van der Waals surface area contributed by atoms with Crippen LogP contribution in [0.5, 0.6) is 5.75 Å². The number of hydrogen-bond acceptors (Lipinski definition) is 5. The summed E-state index contributed by atoms with van der Waals surface area (Å²) in [6, 6.07) is 27.8. The van der Waals surface area contributed by atoms with Crippen molar-refractivity contribution in [3.05, 3.63) is 106 Å². The zero-order valence-corrected chi connectivity index (χ0v) is 25.8. The molecular formula is C36H40N2O4S. The van der Waals surface area contributed by atoms with Gasteiger partial charge in [0, 0.05) is 36.7 Å². The number of piperazine rings is 1. The van der Waals surface area contributed by atoms with Crippen molar-refractivity contribution >= 4 is 28.9 Å². The van der Waals surface area contributed by atoms with Crippen molar-refractivity contribution in [3.8, 4) is 16.2 Å². The molecule has 2 heterocycles. The van der Waals surface area contributed by atoms with E-state index in [0.29, 0.717) is 38.7 Å². The van der Waals surface area contributed by atoms with Crippen LogP contribution in [0.1, 0.15) is 76.6 Å². The Morgan fingerprint density at radius 1 is 0.814 bits per heavy atom. The van der Waals surface area contributed by atoms with Gasteiger partial charge in [-0.15, -0.1) is 11.3 Å². The first kappa shape index (κ1) is 30.4.